The van der Waals surface area contributed by atoms with Gasteiger partial charge in [0.05, 0.1) is 18.0 Å². The van der Waals surface area contributed by atoms with Crippen molar-refractivity contribution in [2.45, 2.75) is 90.6 Å². The second-order valence-corrected chi connectivity index (χ2v) is 13.8. The molecule has 0 spiro atoms. The van der Waals surface area contributed by atoms with Gasteiger partial charge in [-0.15, -0.1) is 11.8 Å². The molecule has 1 heterocycles. The predicted molar refractivity (Wildman–Crippen MR) is 156 cm³/mol. The van der Waals surface area contributed by atoms with Crippen LogP contribution < -0.4 is 5.32 Å². The van der Waals surface area contributed by atoms with Crippen molar-refractivity contribution in [2.75, 3.05) is 20.7 Å². The molecule has 1 aromatic carbocycles. The van der Waals surface area contributed by atoms with Gasteiger partial charge in [0, 0.05) is 17.4 Å². The van der Waals surface area contributed by atoms with Crippen molar-refractivity contribution in [3.63, 3.8) is 0 Å². The molecule has 8 heteroatoms. The number of benzene rings is 1. The fraction of sp³-hybridized carbons (Fsp3) is 0.633. The summed E-state index contributed by atoms with van der Waals surface area (Å²) in [6.07, 6.45) is 1.79. The summed E-state index contributed by atoms with van der Waals surface area (Å²) in [5.41, 5.74) is 1.07. The molecule has 2 rings (SSSR count). The molecule has 0 aromatic heterocycles. The van der Waals surface area contributed by atoms with Gasteiger partial charge >= 0.3 is 5.97 Å². The van der Waals surface area contributed by atoms with E-state index in [0.717, 1.165) is 5.56 Å². The number of likely N-dealkylation sites (N-methyl/N-ethyl adjacent to an activating group) is 2. The van der Waals surface area contributed by atoms with Crippen LogP contribution in [0.3, 0.4) is 0 Å². The molecule has 4 atom stereocenters. The molecule has 0 bridgehead atoms. The Labute approximate surface area is 233 Å². The molecular weight excluding hydrogens is 498 g/mol. The first kappa shape index (κ1) is 31.9. The van der Waals surface area contributed by atoms with Gasteiger partial charge in [-0.1, -0.05) is 71.0 Å². The number of carbonyl (C=O) groups is 3. The Balaban J connectivity index is 2.33. The van der Waals surface area contributed by atoms with Crippen LogP contribution in [-0.2, 0) is 19.1 Å². The Kier molecular flexibility index (Phi) is 10.7. The Morgan fingerprint density at radius 2 is 1.76 bits per heavy atom. The van der Waals surface area contributed by atoms with Gasteiger partial charge in [0.2, 0.25) is 11.8 Å². The van der Waals surface area contributed by atoms with Crippen LogP contribution >= 0.6 is 11.8 Å². The number of hydrogen-bond acceptors (Lipinski definition) is 6. The maximum absolute atomic E-state index is 13.9. The summed E-state index contributed by atoms with van der Waals surface area (Å²) < 4.78 is 4.77. The molecule has 1 unspecified atom stereocenters. The summed E-state index contributed by atoms with van der Waals surface area (Å²) in [5, 5.41) is 3.17. The highest BCUT2D eigenvalue weighted by Gasteiger charge is 2.51. The van der Waals surface area contributed by atoms with Crippen molar-refractivity contribution < 1.29 is 19.1 Å². The molecule has 0 radical (unpaired) electrons. The van der Waals surface area contributed by atoms with Crippen molar-refractivity contribution >= 4 is 29.5 Å². The maximum Gasteiger partial charge on any atom is 0.333 e. The molecule has 1 aromatic rings. The third-order valence-electron chi connectivity index (χ3n) is 7.08. The summed E-state index contributed by atoms with van der Waals surface area (Å²) in [4.78, 5) is 43.8. The van der Waals surface area contributed by atoms with Crippen molar-refractivity contribution in [3.05, 3.63) is 47.5 Å². The molecule has 38 heavy (non-hydrogen) atoms. The van der Waals surface area contributed by atoms with E-state index >= 15 is 0 Å². The number of carbonyl (C=O) groups excluding carboxylic acids is 3. The molecule has 2 amide bonds. The van der Waals surface area contributed by atoms with E-state index in [1.807, 2.05) is 59.9 Å². The maximum atomic E-state index is 13.9. The monoisotopic (exact) mass is 545 g/mol. The Hall–Kier alpha value is -2.32. The van der Waals surface area contributed by atoms with Crippen LogP contribution in [-0.4, -0.2) is 71.2 Å². The molecule has 0 saturated carbocycles. The zero-order chi connectivity index (χ0) is 29.0. The van der Waals surface area contributed by atoms with Gasteiger partial charge in [-0.3, -0.25) is 14.5 Å². The second-order valence-electron chi connectivity index (χ2n) is 12.1. The molecule has 1 aliphatic heterocycles. The molecule has 0 aliphatic carbocycles. The fourth-order valence-corrected chi connectivity index (χ4v) is 6.58. The molecule has 1 saturated heterocycles. The standard InChI is InChI=1S/C30H47N3O4S/c1-12-37-28(36)20(4)18-22(19(2)3)32(10)26(35)23(29(5,6)7)31-25(34)24-30(8,9)38-27(33(24)11)21-16-14-13-15-17-21/h13-19,22-24,27H,12H2,1-11H3,(H,31,34)/b20-18+/t22-,23-,24-,27?/m1/s1. The largest absolute Gasteiger partial charge is 0.463 e. The zero-order valence-electron chi connectivity index (χ0n) is 25.0. The smallest absolute Gasteiger partial charge is 0.333 e. The summed E-state index contributed by atoms with van der Waals surface area (Å²) >= 11 is 1.76. The lowest BCUT2D eigenvalue weighted by atomic mass is 9.84. The van der Waals surface area contributed by atoms with Crippen molar-refractivity contribution in [2.24, 2.45) is 11.3 Å². The van der Waals surface area contributed by atoms with E-state index in [9.17, 15) is 14.4 Å². The SMILES string of the molecule is CCOC(=O)/C(C)=C/[C@H](C(C)C)N(C)C(=O)[C@@H](NC(=O)[C@H]1N(C)C(c2ccccc2)SC1(C)C)C(C)(C)C. The van der Waals surface area contributed by atoms with Crippen LogP contribution in [0.25, 0.3) is 0 Å². The first-order chi connectivity index (χ1) is 17.5. The minimum absolute atomic E-state index is 0.0368. The van der Waals surface area contributed by atoms with Crippen LogP contribution in [0.2, 0.25) is 0 Å². The van der Waals surface area contributed by atoms with Crippen molar-refractivity contribution in [1.82, 2.24) is 15.1 Å². The van der Waals surface area contributed by atoms with E-state index in [4.69, 9.17) is 4.74 Å². The number of ether oxygens (including phenoxy) is 1. The van der Waals surface area contributed by atoms with Gasteiger partial charge in [0.1, 0.15) is 12.1 Å². The van der Waals surface area contributed by atoms with Gasteiger partial charge in [0.25, 0.3) is 0 Å². The second kappa shape index (κ2) is 12.7. The minimum atomic E-state index is -0.748. The molecule has 212 valence electrons. The van der Waals surface area contributed by atoms with E-state index in [2.05, 4.69) is 36.2 Å². The van der Waals surface area contributed by atoms with Gasteiger partial charge in [0.15, 0.2) is 0 Å². The zero-order valence-corrected chi connectivity index (χ0v) is 25.8. The molecule has 1 fully saturated rings. The van der Waals surface area contributed by atoms with Crippen molar-refractivity contribution in [1.29, 1.82) is 0 Å². The quantitative estimate of drug-likeness (QED) is 0.346. The lowest BCUT2D eigenvalue weighted by Crippen LogP contribution is -2.60. The number of esters is 1. The number of nitrogens with zero attached hydrogens (tertiary/aromatic N) is 2. The lowest BCUT2D eigenvalue weighted by molar-refractivity contribution is -0.141. The number of rotatable bonds is 9. The van der Waals surface area contributed by atoms with Crippen LogP contribution in [0.15, 0.2) is 42.0 Å². The summed E-state index contributed by atoms with van der Waals surface area (Å²) in [7, 11) is 3.71. The fourth-order valence-electron chi connectivity index (χ4n) is 5.02. The predicted octanol–water partition coefficient (Wildman–Crippen LogP) is 5.03. The van der Waals surface area contributed by atoms with Crippen molar-refractivity contribution in [3.8, 4) is 0 Å². The summed E-state index contributed by atoms with van der Waals surface area (Å²) in [6.45, 7) is 17.8. The van der Waals surface area contributed by atoms with E-state index in [1.165, 1.54) is 0 Å². The third-order valence-corrected chi connectivity index (χ3v) is 8.74. The number of amides is 2. The van der Waals surface area contributed by atoms with E-state index < -0.39 is 23.5 Å². The Bertz CT molecular complexity index is 1020. The molecular formula is C30H47N3O4S. The normalized spacial score (nSPS) is 21.6. The first-order valence-electron chi connectivity index (χ1n) is 13.4. The highest BCUT2D eigenvalue weighted by molar-refractivity contribution is 8.01. The van der Waals surface area contributed by atoms with Gasteiger partial charge < -0.3 is 15.0 Å². The highest BCUT2D eigenvalue weighted by atomic mass is 32.2. The summed E-state index contributed by atoms with van der Waals surface area (Å²) in [5.74, 6) is -0.697. The topological polar surface area (TPSA) is 79.0 Å². The first-order valence-corrected chi connectivity index (χ1v) is 14.3. The Morgan fingerprint density at radius 1 is 1.18 bits per heavy atom. The third kappa shape index (κ3) is 7.41. The average Bonchev–Trinajstić information content (AvgIpc) is 3.07. The van der Waals surface area contributed by atoms with E-state index in [1.54, 1.807) is 43.6 Å². The Morgan fingerprint density at radius 3 is 2.26 bits per heavy atom. The van der Waals surface area contributed by atoms with Gasteiger partial charge in [-0.05, 0) is 51.6 Å². The van der Waals surface area contributed by atoms with Crippen LogP contribution in [0.1, 0.15) is 73.3 Å². The molecule has 1 aliphatic rings. The lowest BCUT2D eigenvalue weighted by Gasteiger charge is -2.39. The van der Waals surface area contributed by atoms with E-state index in [-0.39, 0.29) is 33.9 Å². The minimum Gasteiger partial charge on any atom is -0.463 e. The molecule has 1 N–H and O–H groups in total. The van der Waals surface area contributed by atoms with Gasteiger partial charge in [-0.2, -0.15) is 0 Å². The van der Waals surface area contributed by atoms with Crippen LogP contribution in [0, 0.1) is 11.3 Å². The van der Waals surface area contributed by atoms with Gasteiger partial charge in [-0.25, -0.2) is 4.79 Å². The van der Waals surface area contributed by atoms with Crippen LogP contribution in [0.4, 0.5) is 0 Å². The summed E-state index contributed by atoms with van der Waals surface area (Å²) in [6, 6.07) is 8.67. The number of thioether (sulfide) groups is 1. The average molecular weight is 546 g/mol. The number of nitrogens with one attached hydrogen (secondary N) is 1. The van der Waals surface area contributed by atoms with E-state index in [0.29, 0.717) is 12.2 Å². The molecule has 7 nitrogen and oxygen atoms in total. The number of hydrogen-bond donors (Lipinski definition) is 1. The highest BCUT2D eigenvalue weighted by Crippen LogP contribution is 2.51. The van der Waals surface area contributed by atoms with Crippen LogP contribution in [0.5, 0.6) is 0 Å².